The average Bonchev–Trinajstić information content (AvgIpc) is 2.98. The molecule has 92 valence electrons. The number of rotatable bonds is 2. The second-order valence-corrected chi connectivity index (χ2v) is 4.64. The van der Waals surface area contributed by atoms with Crippen molar-refractivity contribution in [1.29, 1.82) is 0 Å². The lowest BCUT2D eigenvalue weighted by molar-refractivity contribution is 0.102. The molecule has 1 aliphatic rings. The Bertz CT molecular complexity index is 601. The van der Waals surface area contributed by atoms with Gasteiger partial charge in [-0.05, 0) is 0 Å². The summed E-state index contributed by atoms with van der Waals surface area (Å²) >= 11 is 7.40. The number of carbonyl (C=O) groups excluding carboxylic acids is 1. The molecular formula is C11H7ClN2O3S. The van der Waals surface area contributed by atoms with Crippen LogP contribution in [0.25, 0.3) is 0 Å². The first-order valence-corrected chi connectivity index (χ1v) is 6.35. The first-order valence-electron chi connectivity index (χ1n) is 5.03. The van der Waals surface area contributed by atoms with E-state index >= 15 is 0 Å². The van der Waals surface area contributed by atoms with E-state index in [0.29, 0.717) is 27.9 Å². The Kier molecular flexibility index (Phi) is 2.81. The van der Waals surface area contributed by atoms with Gasteiger partial charge in [-0.25, -0.2) is 4.98 Å². The van der Waals surface area contributed by atoms with E-state index in [4.69, 9.17) is 21.1 Å². The highest BCUT2D eigenvalue weighted by Crippen LogP contribution is 2.39. The van der Waals surface area contributed by atoms with E-state index in [1.54, 1.807) is 23.0 Å². The molecule has 1 aromatic carbocycles. The van der Waals surface area contributed by atoms with E-state index in [1.807, 2.05) is 0 Å². The maximum absolute atomic E-state index is 11.8. The molecule has 0 atom stereocenters. The van der Waals surface area contributed by atoms with E-state index in [-0.39, 0.29) is 12.7 Å². The van der Waals surface area contributed by atoms with Crippen molar-refractivity contribution in [1.82, 2.24) is 4.98 Å². The molecule has 2 aromatic rings. The number of aromatic nitrogens is 1. The minimum absolute atomic E-state index is 0.162. The number of fused-ring (bicyclic) bond motifs is 1. The van der Waals surface area contributed by atoms with Crippen LogP contribution in [-0.2, 0) is 0 Å². The second-order valence-electron chi connectivity index (χ2n) is 3.51. The summed E-state index contributed by atoms with van der Waals surface area (Å²) in [4.78, 5) is 15.8. The lowest BCUT2D eigenvalue weighted by atomic mass is 10.2. The zero-order valence-electron chi connectivity index (χ0n) is 8.97. The zero-order chi connectivity index (χ0) is 12.5. The predicted molar refractivity (Wildman–Crippen MR) is 67.6 cm³/mol. The molecule has 0 aliphatic carbocycles. The predicted octanol–water partition coefficient (Wildman–Crippen LogP) is 2.78. The highest BCUT2D eigenvalue weighted by atomic mass is 35.5. The molecule has 0 bridgehead atoms. The monoisotopic (exact) mass is 282 g/mol. The fourth-order valence-corrected chi connectivity index (χ4v) is 2.26. The van der Waals surface area contributed by atoms with Crippen LogP contribution in [0.4, 0.5) is 5.69 Å². The van der Waals surface area contributed by atoms with Crippen molar-refractivity contribution in [2.75, 3.05) is 12.1 Å². The van der Waals surface area contributed by atoms with Crippen LogP contribution in [0, 0.1) is 0 Å². The van der Waals surface area contributed by atoms with Crippen molar-refractivity contribution >= 4 is 34.5 Å². The highest BCUT2D eigenvalue weighted by Gasteiger charge is 2.18. The normalized spacial score (nSPS) is 12.5. The maximum atomic E-state index is 11.8. The van der Waals surface area contributed by atoms with Crippen LogP contribution in [0.1, 0.15) is 10.5 Å². The van der Waals surface area contributed by atoms with Crippen LogP contribution >= 0.6 is 22.9 Å². The number of benzene rings is 1. The first kappa shape index (κ1) is 11.3. The molecule has 18 heavy (non-hydrogen) atoms. The van der Waals surface area contributed by atoms with Gasteiger partial charge in [0.15, 0.2) is 11.5 Å². The summed E-state index contributed by atoms with van der Waals surface area (Å²) < 4.78 is 10.4. The second kappa shape index (κ2) is 4.47. The lowest BCUT2D eigenvalue weighted by Crippen LogP contribution is -2.12. The van der Waals surface area contributed by atoms with Crippen molar-refractivity contribution in [3.8, 4) is 11.5 Å². The third kappa shape index (κ3) is 2.00. The van der Waals surface area contributed by atoms with Gasteiger partial charge in [0.25, 0.3) is 5.91 Å². The van der Waals surface area contributed by atoms with Crippen LogP contribution in [0.15, 0.2) is 23.0 Å². The fourth-order valence-electron chi connectivity index (χ4n) is 1.52. The number of nitrogens with zero attached hydrogens (tertiary/aromatic N) is 1. The summed E-state index contributed by atoms with van der Waals surface area (Å²) in [7, 11) is 0. The number of anilines is 1. The minimum Gasteiger partial charge on any atom is -0.454 e. The molecule has 1 N–H and O–H groups in total. The first-order chi connectivity index (χ1) is 8.74. The van der Waals surface area contributed by atoms with Crippen LogP contribution in [0.5, 0.6) is 11.5 Å². The van der Waals surface area contributed by atoms with E-state index < -0.39 is 0 Å². The Morgan fingerprint density at radius 1 is 1.39 bits per heavy atom. The maximum Gasteiger partial charge on any atom is 0.275 e. The van der Waals surface area contributed by atoms with Crippen LogP contribution in [0.2, 0.25) is 5.02 Å². The number of amides is 1. The van der Waals surface area contributed by atoms with Crippen molar-refractivity contribution in [2.45, 2.75) is 0 Å². The van der Waals surface area contributed by atoms with Gasteiger partial charge < -0.3 is 14.8 Å². The number of carbonyl (C=O) groups is 1. The molecule has 0 saturated heterocycles. The summed E-state index contributed by atoms with van der Waals surface area (Å²) in [6, 6.07) is 3.25. The van der Waals surface area contributed by atoms with Crippen LogP contribution in [0.3, 0.4) is 0 Å². The van der Waals surface area contributed by atoms with Gasteiger partial charge in [-0.3, -0.25) is 4.79 Å². The van der Waals surface area contributed by atoms with Gasteiger partial charge in [0, 0.05) is 17.5 Å². The number of hydrogen-bond donors (Lipinski definition) is 1. The Labute approximate surface area is 111 Å². The molecule has 0 unspecified atom stereocenters. The number of ether oxygens (including phenoxy) is 2. The van der Waals surface area contributed by atoms with Gasteiger partial charge in [-0.2, -0.15) is 0 Å². The van der Waals surface area contributed by atoms with Gasteiger partial charge >= 0.3 is 0 Å². The topological polar surface area (TPSA) is 60.5 Å². The number of nitrogens with one attached hydrogen (secondary N) is 1. The Morgan fingerprint density at radius 3 is 2.89 bits per heavy atom. The van der Waals surface area contributed by atoms with Gasteiger partial charge in [0.1, 0.15) is 5.69 Å². The molecule has 1 amide bonds. The molecule has 0 fully saturated rings. The van der Waals surface area contributed by atoms with Crippen molar-refractivity contribution in [3.63, 3.8) is 0 Å². The summed E-state index contributed by atoms with van der Waals surface area (Å²) in [5.41, 5.74) is 2.42. The largest absolute Gasteiger partial charge is 0.454 e. The average molecular weight is 283 g/mol. The number of halogens is 1. The van der Waals surface area contributed by atoms with Gasteiger partial charge in [0.2, 0.25) is 6.79 Å². The van der Waals surface area contributed by atoms with Crippen LogP contribution < -0.4 is 14.8 Å². The summed E-state index contributed by atoms with van der Waals surface area (Å²) in [5, 5.41) is 4.73. The van der Waals surface area contributed by atoms with Gasteiger partial charge in [0.05, 0.1) is 16.2 Å². The Balaban J connectivity index is 1.87. The van der Waals surface area contributed by atoms with E-state index in [0.717, 1.165) is 0 Å². The number of hydrogen-bond acceptors (Lipinski definition) is 5. The molecule has 7 heteroatoms. The standard InChI is InChI=1S/C11H7ClN2O3S/c12-6-1-9-10(17-5-16-9)2-7(6)14-11(15)8-3-18-4-13-8/h1-4H,5H2,(H,14,15). The van der Waals surface area contributed by atoms with Crippen LogP contribution in [-0.4, -0.2) is 17.7 Å². The molecule has 1 aliphatic heterocycles. The van der Waals surface area contributed by atoms with E-state index in [1.165, 1.54) is 11.3 Å². The van der Waals surface area contributed by atoms with Crippen molar-refractivity contribution in [2.24, 2.45) is 0 Å². The molecule has 2 heterocycles. The van der Waals surface area contributed by atoms with E-state index in [2.05, 4.69) is 10.3 Å². The summed E-state index contributed by atoms with van der Waals surface area (Å²) in [6.07, 6.45) is 0. The molecule has 3 rings (SSSR count). The third-order valence-corrected chi connectivity index (χ3v) is 3.27. The van der Waals surface area contributed by atoms with Crippen molar-refractivity contribution < 1.29 is 14.3 Å². The Morgan fingerprint density at radius 2 is 2.17 bits per heavy atom. The molecule has 5 nitrogen and oxygen atoms in total. The minimum atomic E-state index is -0.308. The SMILES string of the molecule is O=C(Nc1cc2c(cc1Cl)OCO2)c1cscn1. The quantitative estimate of drug-likeness (QED) is 0.920. The molecule has 1 aromatic heterocycles. The van der Waals surface area contributed by atoms with Gasteiger partial charge in [-0.1, -0.05) is 11.6 Å². The molecule has 0 saturated carbocycles. The van der Waals surface area contributed by atoms with E-state index in [9.17, 15) is 4.79 Å². The summed E-state index contributed by atoms with van der Waals surface area (Å²) in [5.74, 6) is 0.830. The smallest absolute Gasteiger partial charge is 0.275 e. The molecule has 0 spiro atoms. The fraction of sp³-hybridized carbons (Fsp3) is 0.0909. The summed E-state index contributed by atoms with van der Waals surface area (Å²) in [6.45, 7) is 0.162. The number of thiazole rings is 1. The molecular weight excluding hydrogens is 276 g/mol. The molecule has 0 radical (unpaired) electrons. The Hall–Kier alpha value is -1.79. The highest BCUT2D eigenvalue weighted by molar-refractivity contribution is 7.07. The zero-order valence-corrected chi connectivity index (χ0v) is 10.5. The van der Waals surface area contributed by atoms with Gasteiger partial charge in [-0.15, -0.1) is 11.3 Å². The van der Waals surface area contributed by atoms with Crippen molar-refractivity contribution in [3.05, 3.63) is 33.7 Å². The lowest BCUT2D eigenvalue weighted by Gasteiger charge is -2.07. The third-order valence-electron chi connectivity index (χ3n) is 2.38.